The second-order valence-electron chi connectivity index (χ2n) is 5.92. The van der Waals surface area contributed by atoms with E-state index in [1.54, 1.807) is 0 Å². The molecule has 1 unspecified atom stereocenters. The van der Waals surface area contributed by atoms with E-state index < -0.39 is 0 Å². The van der Waals surface area contributed by atoms with Gasteiger partial charge in [-0.1, -0.05) is 37.3 Å². The zero-order chi connectivity index (χ0) is 14.2. The van der Waals surface area contributed by atoms with E-state index in [4.69, 9.17) is 0 Å². The molecule has 1 fully saturated rings. The summed E-state index contributed by atoms with van der Waals surface area (Å²) in [5.41, 5.74) is 1.41. The van der Waals surface area contributed by atoms with Crippen LogP contribution in [0.25, 0.3) is 0 Å². The van der Waals surface area contributed by atoms with E-state index in [0.717, 1.165) is 19.1 Å². The first-order chi connectivity index (χ1) is 9.78. The van der Waals surface area contributed by atoms with Gasteiger partial charge in [0.1, 0.15) is 0 Å². The van der Waals surface area contributed by atoms with Crippen molar-refractivity contribution in [1.29, 1.82) is 0 Å². The molecule has 0 aliphatic carbocycles. The van der Waals surface area contributed by atoms with Gasteiger partial charge in [0.25, 0.3) is 0 Å². The average molecular weight is 275 g/mol. The van der Waals surface area contributed by atoms with Crippen molar-refractivity contribution in [3.63, 3.8) is 0 Å². The summed E-state index contributed by atoms with van der Waals surface area (Å²) in [7, 11) is 2.22. The molecule has 0 bridgehead atoms. The van der Waals surface area contributed by atoms with Crippen molar-refractivity contribution in [3.05, 3.63) is 35.9 Å². The third-order valence-electron chi connectivity index (χ3n) is 4.07. The monoisotopic (exact) mass is 275 g/mol. The number of rotatable bonds is 8. The molecule has 1 aromatic carbocycles. The maximum Gasteiger partial charge on any atom is 0.0230 e. The van der Waals surface area contributed by atoms with Crippen LogP contribution in [0.2, 0.25) is 0 Å². The largest absolute Gasteiger partial charge is 0.313 e. The first-order valence-corrected chi connectivity index (χ1v) is 7.96. The van der Waals surface area contributed by atoms with E-state index in [-0.39, 0.29) is 0 Å². The Balaban J connectivity index is 1.59. The lowest BCUT2D eigenvalue weighted by molar-refractivity contribution is 0.271. The fourth-order valence-electron chi connectivity index (χ4n) is 3.03. The van der Waals surface area contributed by atoms with Gasteiger partial charge in [-0.25, -0.2) is 0 Å². The van der Waals surface area contributed by atoms with E-state index in [1.807, 2.05) is 0 Å². The van der Waals surface area contributed by atoms with Crippen LogP contribution >= 0.6 is 0 Å². The standard InChI is InChI=1S/C17H29N3/c1-3-18-17-10-13-20(15-17)12-7-11-19(2)14-16-8-5-4-6-9-16/h4-6,8-9,17-18H,3,7,10-15H2,1-2H3. The van der Waals surface area contributed by atoms with E-state index in [9.17, 15) is 0 Å². The molecule has 20 heavy (non-hydrogen) atoms. The highest BCUT2D eigenvalue weighted by atomic mass is 15.2. The molecule has 1 aromatic rings. The smallest absolute Gasteiger partial charge is 0.0230 e. The molecule has 1 saturated heterocycles. The van der Waals surface area contributed by atoms with Gasteiger partial charge in [0.2, 0.25) is 0 Å². The molecular weight excluding hydrogens is 246 g/mol. The minimum atomic E-state index is 0.724. The molecule has 3 heteroatoms. The topological polar surface area (TPSA) is 18.5 Å². The molecular formula is C17H29N3. The number of benzene rings is 1. The Labute approximate surface area is 124 Å². The first-order valence-electron chi connectivity index (χ1n) is 7.96. The molecule has 1 aliphatic heterocycles. The highest BCUT2D eigenvalue weighted by Gasteiger charge is 2.20. The van der Waals surface area contributed by atoms with Crippen LogP contribution in [0, 0.1) is 0 Å². The minimum absolute atomic E-state index is 0.724. The predicted molar refractivity (Wildman–Crippen MR) is 85.9 cm³/mol. The Hall–Kier alpha value is -0.900. The van der Waals surface area contributed by atoms with Crippen molar-refractivity contribution in [2.75, 3.05) is 39.8 Å². The highest BCUT2D eigenvalue weighted by molar-refractivity contribution is 5.14. The molecule has 1 heterocycles. The third kappa shape index (κ3) is 5.23. The second-order valence-corrected chi connectivity index (χ2v) is 5.92. The van der Waals surface area contributed by atoms with Crippen molar-refractivity contribution in [1.82, 2.24) is 15.1 Å². The molecule has 0 amide bonds. The maximum atomic E-state index is 3.55. The van der Waals surface area contributed by atoms with Gasteiger partial charge < -0.3 is 15.1 Å². The van der Waals surface area contributed by atoms with Gasteiger partial charge in [-0.15, -0.1) is 0 Å². The van der Waals surface area contributed by atoms with Gasteiger partial charge in [0, 0.05) is 19.1 Å². The van der Waals surface area contributed by atoms with Crippen LogP contribution in [0.4, 0.5) is 0 Å². The Kier molecular flexibility index (Phi) is 6.51. The number of likely N-dealkylation sites (N-methyl/N-ethyl adjacent to an activating group) is 1. The summed E-state index contributed by atoms with van der Waals surface area (Å²) in [6.45, 7) is 9.26. The number of hydrogen-bond donors (Lipinski definition) is 1. The maximum absolute atomic E-state index is 3.55. The molecule has 0 aromatic heterocycles. The molecule has 1 aliphatic rings. The van der Waals surface area contributed by atoms with Gasteiger partial charge in [-0.05, 0) is 51.6 Å². The Morgan fingerprint density at radius 3 is 2.85 bits per heavy atom. The van der Waals surface area contributed by atoms with Crippen molar-refractivity contribution >= 4 is 0 Å². The Morgan fingerprint density at radius 1 is 1.30 bits per heavy atom. The summed E-state index contributed by atoms with van der Waals surface area (Å²) in [4.78, 5) is 5.02. The fraction of sp³-hybridized carbons (Fsp3) is 0.647. The fourth-order valence-corrected chi connectivity index (χ4v) is 3.03. The van der Waals surface area contributed by atoms with Crippen LogP contribution in [0.15, 0.2) is 30.3 Å². The van der Waals surface area contributed by atoms with Gasteiger partial charge in [0.15, 0.2) is 0 Å². The number of hydrogen-bond acceptors (Lipinski definition) is 3. The van der Waals surface area contributed by atoms with E-state index in [0.29, 0.717) is 0 Å². The lowest BCUT2D eigenvalue weighted by Gasteiger charge is -2.20. The summed E-state index contributed by atoms with van der Waals surface area (Å²) < 4.78 is 0. The third-order valence-corrected chi connectivity index (χ3v) is 4.07. The molecule has 0 spiro atoms. The second kappa shape index (κ2) is 8.40. The van der Waals surface area contributed by atoms with Gasteiger partial charge in [-0.2, -0.15) is 0 Å². The van der Waals surface area contributed by atoms with Crippen LogP contribution in [0.5, 0.6) is 0 Å². The number of likely N-dealkylation sites (tertiary alicyclic amines) is 1. The minimum Gasteiger partial charge on any atom is -0.313 e. The number of nitrogens with zero attached hydrogens (tertiary/aromatic N) is 2. The molecule has 1 N–H and O–H groups in total. The Morgan fingerprint density at radius 2 is 2.10 bits per heavy atom. The summed E-state index contributed by atoms with van der Waals surface area (Å²) in [5, 5.41) is 3.55. The molecule has 3 nitrogen and oxygen atoms in total. The normalized spacial score (nSPS) is 19.9. The highest BCUT2D eigenvalue weighted by Crippen LogP contribution is 2.10. The van der Waals surface area contributed by atoms with E-state index >= 15 is 0 Å². The summed E-state index contributed by atoms with van der Waals surface area (Å²) >= 11 is 0. The molecule has 0 radical (unpaired) electrons. The first kappa shape index (κ1) is 15.5. The summed E-state index contributed by atoms with van der Waals surface area (Å²) in [6.07, 6.45) is 2.58. The van der Waals surface area contributed by atoms with Crippen molar-refractivity contribution in [2.45, 2.75) is 32.4 Å². The van der Waals surface area contributed by atoms with Gasteiger partial charge in [0.05, 0.1) is 0 Å². The van der Waals surface area contributed by atoms with Crippen LogP contribution in [-0.4, -0.2) is 55.6 Å². The van der Waals surface area contributed by atoms with Gasteiger partial charge in [-0.3, -0.25) is 0 Å². The van der Waals surface area contributed by atoms with Gasteiger partial charge >= 0.3 is 0 Å². The van der Waals surface area contributed by atoms with Crippen LogP contribution in [0.3, 0.4) is 0 Å². The van der Waals surface area contributed by atoms with Crippen LogP contribution < -0.4 is 5.32 Å². The molecule has 0 saturated carbocycles. The SMILES string of the molecule is CCNC1CCN(CCCN(C)Cc2ccccc2)C1. The lowest BCUT2D eigenvalue weighted by Crippen LogP contribution is -2.33. The van der Waals surface area contributed by atoms with Crippen molar-refractivity contribution in [2.24, 2.45) is 0 Å². The molecule has 1 atom stereocenters. The van der Waals surface area contributed by atoms with Crippen molar-refractivity contribution < 1.29 is 0 Å². The van der Waals surface area contributed by atoms with E-state index in [2.05, 4.69) is 59.4 Å². The average Bonchev–Trinajstić information content (AvgIpc) is 2.88. The molecule has 2 rings (SSSR count). The quantitative estimate of drug-likeness (QED) is 0.784. The number of nitrogens with one attached hydrogen (secondary N) is 1. The molecule has 112 valence electrons. The predicted octanol–water partition coefficient (Wildman–Crippen LogP) is 2.19. The Bertz CT molecular complexity index is 366. The van der Waals surface area contributed by atoms with Crippen LogP contribution in [0.1, 0.15) is 25.3 Å². The summed E-state index contributed by atoms with van der Waals surface area (Å²) in [6, 6.07) is 11.5. The zero-order valence-corrected chi connectivity index (χ0v) is 13.0. The summed E-state index contributed by atoms with van der Waals surface area (Å²) in [5.74, 6) is 0. The van der Waals surface area contributed by atoms with Crippen molar-refractivity contribution in [3.8, 4) is 0 Å². The zero-order valence-electron chi connectivity index (χ0n) is 13.0. The van der Waals surface area contributed by atoms with Crippen LogP contribution in [-0.2, 0) is 6.54 Å². The lowest BCUT2D eigenvalue weighted by atomic mass is 10.2. The van der Waals surface area contributed by atoms with E-state index in [1.165, 1.54) is 44.6 Å².